The second-order valence-electron chi connectivity index (χ2n) is 8.35. The van der Waals surface area contributed by atoms with Crippen LogP contribution < -0.4 is 4.74 Å². The van der Waals surface area contributed by atoms with Crippen LogP contribution >= 0.6 is 0 Å². The van der Waals surface area contributed by atoms with E-state index in [4.69, 9.17) is 9.84 Å². The maximum absolute atomic E-state index is 11.5. The van der Waals surface area contributed by atoms with Gasteiger partial charge in [0, 0.05) is 30.8 Å². The van der Waals surface area contributed by atoms with Crippen LogP contribution in [0, 0.1) is 0 Å². The van der Waals surface area contributed by atoms with Crippen molar-refractivity contribution in [1.29, 1.82) is 0 Å². The number of nitrogens with zero attached hydrogens (tertiary/aromatic N) is 4. The van der Waals surface area contributed by atoms with E-state index in [0.29, 0.717) is 17.2 Å². The van der Waals surface area contributed by atoms with Crippen LogP contribution in [0.25, 0.3) is 11.3 Å². The average molecular weight is 481 g/mol. The fraction of sp³-hybridized carbons (Fsp3) is 0.423. The Morgan fingerprint density at radius 3 is 2.40 bits per heavy atom. The average Bonchev–Trinajstić information content (AvgIpc) is 3.34. The summed E-state index contributed by atoms with van der Waals surface area (Å²) in [4.78, 5) is 26.2. The molecule has 1 N–H and O–H groups in total. The molecule has 0 unspecified atom stereocenters. The molecule has 0 aliphatic carbocycles. The van der Waals surface area contributed by atoms with E-state index in [0.717, 1.165) is 56.3 Å². The molecular formula is C26H32N4O5. The Bertz CT molecular complexity index is 1080. The van der Waals surface area contributed by atoms with Gasteiger partial charge in [-0.2, -0.15) is 0 Å². The number of ether oxygens (including phenoxy) is 2. The molecule has 3 rings (SSSR count). The Morgan fingerprint density at radius 2 is 1.71 bits per heavy atom. The molecule has 0 aliphatic rings. The lowest BCUT2D eigenvalue weighted by Gasteiger charge is -2.06. The zero-order valence-electron chi connectivity index (χ0n) is 20.1. The summed E-state index contributed by atoms with van der Waals surface area (Å²) in [6.45, 7) is 0.818. The Morgan fingerprint density at radius 1 is 0.971 bits per heavy atom. The first-order chi connectivity index (χ1) is 17.0. The first kappa shape index (κ1) is 25.9. The summed E-state index contributed by atoms with van der Waals surface area (Å²) in [7, 11) is 1.33. The van der Waals surface area contributed by atoms with Crippen molar-refractivity contribution in [2.75, 3.05) is 7.11 Å². The van der Waals surface area contributed by atoms with Gasteiger partial charge in [0.05, 0.1) is 18.9 Å². The van der Waals surface area contributed by atoms with E-state index in [2.05, 4.69) is 20.0 Å². The second-order valence-corrected chi connectivity index (χ2v) is 8.35. The number of methoxy groups -OCH3 is 1. The van der Waals surface area contributed by atoms with E-state index in [1.165, 1.54) is 26.1 Å². The third kappa shape index (κ3) is 8.84. The number of aromatic nitrogens is 4. The number of hydrogen-bond donors (Lipinski definition) is 1. The molecule has 0 saturated heterocycles. The minimum Gasteiger partial charge on any atom is -0.481 e. The third-order valence-electron chi connectivity index (χ3n) is 5.58. The molecule has 2 heterocycles. The summed E-state index contributed by atoms with van der Waals surface area (Å²) in [5, 5.41) is 17.2. The number of esters is 1. The lowest BCUT2D eigenvalue weighted by molar-refractivity contribution is -0.137. The van der Waals surface area contributed by atoms with E-state index in [1.54, 1.807) is 12.1 Å². The largest absolute Gasteiger partial charge is 0.481 e. The van der Waals surface area contributed by atoms with Gasteiger partial charge >= 0.3 is 11.9 Å². The summed E-state index contributed by atoms with van der Waals surface area (Å²) < 4.78 is 12.4. The van der Waals surface area contributed by atoms with E-state index >= 15 is 0 Å². The Hall–Kier alpha value is -3.75. The number of pyridine rings is 1. The number of aliphatic carboxylic acids is 1. The van der Waals surface area contributed by atoms with Crippen molar-refractivity contribution in [2.45, 2.75) is 64.3 Å². The summed E-state index contributed by atoms with van der Waals surface area (Å²) in [5.41, 5.74) is 2.02. The first-order valence-corrected chi connectivity index (χ1v) is 12.0. The smallest absolute Gasteiger partial charge is 0.339 e. The summed E-state index contributed by atoms with van der Waals surface area (Å²) in [6, 6.07) is 10.8. The summed E-state index contributed by atoms with van der Waals surface area (Å²) >= 11 is 0. The molecule has 3 aromatic rings. The third-order valence-corrected chi connectivity index (χ3v) is 5.58. The van der Waals surface area contributed by atoms with Crippen molar-refractivity contribution in [3.05, 3.63) is 54.4 Å². The van der Waals surface area contributed by atoms with Gasteiger partial charge in [0.15, 0.2) is 0 Å². The maximum atomic E-state index is 11.5. The molecule has 2 aromatic heterocycles. The van der Waals surface area contributed by atoms with Crippen molar-refractivity contribution in [3.63, 3.8) is 0 Å². The normalized spacial score (nSPS) is 10.8. The van der Waals surface area contributed by atoms with Gasteiger partial charge in [-0.1, -0.05) is 55.9 Å². The highest BCUT2D eigenvalue weighted by Gasteiger charge is 2.09. The van der Waals surface area contributed by atoms with Crippen molar-refractivity contribution in [1.82, 2.24) is 20.0 Å². The van der Waals surface area contributed by atoms with Crippen LogP contribution in [0.2, 0.25) is 0 Å². The van der Waals surface area contributed by atoms with E-state index in [-0.39, 0.29) is 6.42 Å². The van der Waals surface area contributed by atoms with Gasteiger partial charge < -0.3 is 14.6 Å². The number of aryl methyl sites for hydroxylation is 1. The molecule has 0 spiro atoms. The van der Waals surface area contributed by atoms with Crippen LogP contribution in [-0.2, 0) is 16.1 Å². The molecule has 186 valence electrons. The molecule has 0 radical (unpaired) electrons. The molecule has 0 bridgehead atoms. The van der Waals surface area contributed by atoms with Gasteiger partial charge in [-0.05, 0) is 31.0 Å². The molecule has 0 aliphatic heterocycles. The van der Waals surface area contributed by atoms with Gasteiger partial charge in [0.25, 0.3) is 0 Å². The van der Waals surface area contributed by atoms with Crippen LogP contribution in [0.5, 0.6) is 11.6 Å². The number of hydrogen-bond acceptors (Lipinski definition) is 7. The van der Waals surface area contributed by atoms with Crippen LogP contribution in [0.4, 0.5) is 0 Å². The highest BCUT2D eigenvalue weighted by Crippen LogP contribution is 2.25. The first-order valence-electron chi connectivity index (χ1n) is 12.0. The standard InChI is InChI=1S/C26H32N4O5/c1-34-26(33)21-14-15-24(27-18-21)35-22-12-10-11-20(17-22)23-19-30(29-28-23)16-9-7-5-3-2-4-6-8-13-25(31)32/h10-12,14-15,17-19H,2-9,13,16H2,1H3,(H,31,32). The van der Waals surface area contributed by atoms with E-state index in [1.807, 2.05) is 35.1 Å². The van der Waals surface area contributed by atoms with Gasteiger partial charge in [0.1, 0.15) is 11.4 Å². The number of carbonyl (C=O) groups is 2. The molecule has 0 fully saturated rings. The monoisotopic (exact) mass is 480 g/mol. The van der Waals surface area contributed by atoms with E-state index in [9.17, 15) is 9.59 Å². The van der Waals surface area contributed by atoms with Crippen molar-refractivity contribution < 1.29 is 24.2 Å². The molecule has 9 heteroatoms. The van der Waals surface area contributed by atoms with Crippen molar-refractivity contribution in [2.24, 2.45) is 0 Å². The highest BCUT2D eigenvalue weighted by molar-refractivity contribution is 5.88. The summed E-state index contributed by atoms with van der Waals surface area (Å²) in [5.74, 6) is -0.167. The quantitative estimate of drug-likeness (QED) is 0.223. The highest BCUT2D eigenvalue weighted by atomic mass is 16.5. The number of unbranched alkanes of at least 4 members (excludes halogenated alkanes) is 7. The topological polar surface area (TPSA) is 116 Å². The van der Waals surface area contributed by atoms with E-state index < -0.39 is 11.9 Å². The SMILES string of the molecule is COC(=O)c1ccc(Oc2cccc(-c3cn(CCCCCCCCCCC(=O)O)nn3)c2)nc1. The Balaban J connectivity index is 1.40. The minimum absolute atomic E-state index is 0.278. The predicted octanol–water partition coefficient (Wildman–Crippen LogP) is 5.51. The molecule has 9 nitrogen and oxygen atoms in total. The number of carboxylic acids is 1. The summed E-state index contributed by atoms with van der Waals surface area (Å²) in [6.07, 6.45) is 12.2. The van der Waals surface area contributed by atoms with Crippen LogP contribution in [-0.4, -0.2) is 44.1 Å². The molecule has 1 aromatic carbocycles. The van der Waals surface area contributed by atoms with Crippen molar-refractivity contribution in [3.8, 4) is 22.9 Å². The maximum Gasteiger partial charge on any atom is 0.339 e. The fourth-order valence-corrected chi connectivity index (χ4v) is 3.67. The number of benzene rings is 1. The number of carboxylic acid groups (broad SMARTS) is 1. The molecule has 0 saturated carbocycles. The fourth-order valence-electron chi connectivity index (χ4n) is 3.67. The molecule has 0 amide bonds. The lowest BCUT2D eigenvalue weighted by atomic mass is 10.1. The van der Waals surface area contributed by atoms with Crippen LogP contribution in [0.15, 0.2) is 48.8 Å². The van der Waals surface area contributed by atoms with Crippen LogP contribution in [0.1, 0.15) is 68.1 Å². The Kier molecular flexibility index (Phi) is 10.2. The van der Waals surface area contributed by atoms with Gasteiger partial charge in [-0.15, -0.1) is 5.10 Å². The second kappa shape index (κ2) is 13.8. The van der Waals surface area contributed by atoms with Crippen LogP contribution in [0.3, 0.4) is 0 Å². The number of rotatable bonds is 15. The molecule has 0 atom stereocenters. The number of carbonyl (C=O) groups excluding carboxylic acids is 1. The molecule has 35 heavy (non-hydrogen) atoms. The molecular weight excluding hydrogens is 448 g/mol. The zero-order chi connectivity index (χ0) is 24.9. The Labute approximate surface area is 205 Å². The van der Waals surface area contributed by atoms with Gasteiger partial charge in [0.2, 0.25) is 5.88 Å². The predicted molar refractivity (Wildman–Crippen MR) is 130 cm³/mol. The lowest BCUT2D eigenvalue weighted by Crippen LogP contribution is -2.01. The zero-order valence-corrected chi connectivity index (χ0v) is 20.1. The minimum atomic E-state index is -0.705. The van der Waals surface area contributed by atoms with Crippen molar-refractivity contribution >= 4 is 11.9 Å². The van der Waals surface area contributed by atoms with Gasteiger partial charge in [-0.25, -0.2) is 9.78 Å². The van der Waals surface area contributed by atoms with Gasteiger partial charge in [-0.3, -0.25) is 9.48 Å².